The molecule has 2 aromatic rings. The predicted molar refractivity (Wildman–Crippen MR) is 63.1 cm³/mol. The molecule has 3 nitrogen and oxygen atoms in total. The van der Waals surface area contributed by atoms with Crippen LogP contribution in [0.25, 0.3) is 10.6 Å². The zero-order chi connectivity index (χ0) is 9.97. The number of halogens is 1. The normalized spacial score (nSPS) is 10.1. The smallest absolute Gasteiger partial charge is 0.151 e. The maximum atomic E-state index is 5.26. The summed E-state index contributed by atoms with van der Waals surface area (Å²) in [6.07, 6.45) is 0. The maximum Gasteiger partial charge on any atom is 0.151 e. The number of nitrogens with one attached hydrogen (secondary N) is 1. The van der Waals surface area contributed by atoms with Crippen LogP contribution in [0.4, 0.5) is 5.82 Å². The molecule has 0 aliphatic rings. The lowest BCUT2D eigenvalue weighted by atomic mass is 10.2. The Bertz CT molecular complexity index is 441. The van der Waals surface area contributed by atoms with E-state index < -0.39 is 0 Å². The number of benzene rings is 1. The van der Waals surface area contributed by atoms with Crippen molar-refractivity contribution in [1.29, 1.82) is 0 Å². The van der Waals surface area contributed by atoms with E-state index in [1.807, 2.05) is 29.6 Å². The van der Waals surface area contributed by atoms with Crippen molar-refractivity contribution in [2.45, 2.75) is 0 Å². The number of hydrogen-bond acceptors (Lipinski definition) is 4. The third-order valence-corrected chi connectivity index (χ3v) is 3.11. The summed E-state index contributed by atoms with van der Waals surface area (Å²) in [6.45, 7) is 0. The van der Waals surface area contributed by atoms with Crippen molar-refractivity contribution in [3.63, 3.8) is 0 Å². The van der Waals surface area contributed by atoms with E-state index in [0.29, 0.717) is 5.82 Å². The third-order valence-electron chi connectivity index (χ3n) is 1.72. The van der Waals surface area contributed by atoms with Crippen LogP contribution in [0.15, 0.2) is 34.1 Å². The van der Waals surface area contributed by atoms with Gasteiger partial charge in [0.15, 0.2) is 5.82 Å². The molecule has 72 valence electrons. The van der Waals surface area contributed by atoms with E-state index in [0.717, 1.165) is 15.0 Å². The van der Waals surface area contributed by atoms with Crippen LogP contribution in [0.5, 0.6) is 0 Å². The minimum absolute atomic E-state index is 0.699. The van der Waals surface area contributed by atoms with Crippen LogP contribution in [0.3, 0.4) is 0 Å². The standard InChI is InChI=1S/C9H8BrN3S/c10-7-3-1-2-6(4-7)9-12-8(13-11)5-14-9/h1-5,13H,11H2. The highest BCUT2D eigenvalue weighted by Gasteiger charge is 2.03. The van der Waals surface area contributed by atoms with E-state index in [-0.39, 0.29) is 0 Å². The average Bonchev–Trinajstić information content (AvgIpc) is 2.66. The Kier molecular flexibility index (Phi) is 2.81. The van der Waals surface area contributed by atoms with Crippen LogP contribution in [-0.2, 0) is 0 Å². The molecule has 1 aromatic heterocycles. The minimum Gasteiger partial charge on any atom is -0.308 e. The van der Waals surface area contributed by atoms with Crippen molar-refractivity contribution in [3.05, 3.63) is 34.1 Å². The van der Waals surface area contributed by atoms with Gasteiger partial charge >= 0.3 is 0 Å². The van der Waals surface area contributed by atoms with Crippen molar-refractivity contribution < 1.29 is 0 Å². The summed E-state index contributed by atoms with van der Waals surface area (Å²) in [5, 5.41) is 2.84. The third kappa shape index (κ3) is 1.95. The first-order chi connectivity index (χ1) is 6.79. The Hall–Kier alpha value is -0.910. The predicted octanol–water partition coefficient (Wildman–Crippen LogP) is 2.86. The first-order valence-electron chi connectivity index (χ1n) is 3.97. The number of anilines is 1. The average molecular weight is 270 g/mol. The number of hydrogen-bond donors (Lipinski definition) is 2. The topological polar surface area (TPSA) is 50.9 Å². The van der Waals surface area contributed by atoms with Gasteiger partial charge in [0.25, 0.3) is 0 Å². The summed E-state index contributed by atoms with van der Waals surface area (Å²) < 4.78 is 1.05. The van der Waals surface area contributed by atoms with Crippen LogP contribution in [0.2, 0.25) is 0 Å². The Labute approximate surface area is 94.1 Å². The quantitative estimate of drug-likeness (QED) is 0.651. The molecule has 0 saturated heterocycles. The van der Waals surface area contributed by atoms with Gasteiger partial charge in [-0.25, -0.2) is 10.8 Å². The van der Waals surface area contributed by atoms with E-state index in [9.17, 15) is 0 Å². The fourth-order valence-corrected chi connectivity index (χ4v) is 2.25. The second-order valence-corrected chi connectivity index (χ2v) is 4.47. The fraction of sp³-hybridized carbons (Fsp3) is 0. The fourth-order valence-electron chi connectivity index (χ4n) is 1.09. The monoisotopic (exact) mass is 269 g/mol. The summed E-state index contributed by atoms with van der Waals surface area (Å²) >= 11 is 4.98. The number of aromatic nitrogens is 1. The molecule has 0 fully saturated rings. The number of nitrogens with zero attached hydrogens (tertiary/aromatic N) is 1. The molecule has 0 amide bonds. The van der Waals surface area contributed by atoms with Crippen molar-refractivity contribution in [2.24, 2.45) is 5.84 Å². The van der Waals surface area contributed by atoms with Gasteiger partial charge in [0.2, 0.25) is 0 Å². The van der Waals surface area contributed by atoms with Crippen LogP contribution in [-0.4, -0.2) is 4.98 Å². The van der Waals surface area contributed by atoms with Gasteiger partial charge in [-0.05, 0) is 12.1 Å². The molecular formula is C9H8BrN3S. The molecule has 14 heavy (non-hydrogen) atoms. The largest absolute Gasteiger partial charge is 0.308 e. The molecule has 2 rings (SSSR count). The first kappa shape index (κ1) is 9.64. The van der Waals surface area contributed by atoms with Crippen molar-refractivity contribution >= 4 is 33.1 Å². The summed E-state index contributed by atoms with van der Waals surface area (Å²) in [4.78, 5) is 4.30. The summed E-state index contributed by atoms with van der Waals surface area (Å²) in [5.41, 5.74) is 3.61. The highest BCUT2D eigenvalue weighted by molar-refractivity contribution is 9.10. The Balaban J connectivity index is 2.39. The van der Waals surface area contributed by atoms with E-state index in [1.165, 1.54) is 0 Å². The Morgan fingerprint density at radius 1 is 1.43 bits per heavy atom. The van der Waals surface area contributed by atoms with Crippen molar-refractivity contribution in [2.75, 3.05) is 5.43 Å². The van der Waals surface area contributed by atoms with E-state index in [2.05, 4.69) is 26.3 Å². The van der Waals surface area contributed by atoms with Gasteiger partial charge in [-0.1, -0.05) is 28.1 Å². The highest BCUT2D eigenvalue weighted by Crippen LogP contribution is 2.27. The van der Waals surface area contributed by atoms with Gasteiger partial charge in [0.1, 0.15) is 5.01 Å². The molecule has 0 bridgehead atoms. The summed E-state index contributed by atoms with van der Waals surface area (Å²) in [6, 6.07) is 8.01. The SMILES string of the molecule is NNc1csc(-c2cccc(Br)c2)n1. The molecular weight excluding hydrogens is 262 g/mol. The number of nitrogen functional groups attached to an aromatic ring is 1. The molecule has 1 aromatic carbocycles. The maximum absolute atomic E-state index is 5.26. The van der Waals surface area contributed by atoms with E-state index in [1.54, 1.807) is 11.3 Å². The lowest BCUT2D eigenvalue weighted by molar-refractivity contribution is 1.27. The molecule has 0 radical (unpaired) electrons. The molecule has 0 spiro atoms. The summed E-state index contributed by atoms with van der Waals surface area (Å²) in [7, 11) is 0. The van der Waals surface area contributed by atoms with Crippen LogP contribution >= 0.6 is 27.3 Å². The minimum atomic E-state index is 0.699. The van der Waals surface area contributed by atoms with E-state index >= 15 is 0 Å². The lowest BCUT2D eigenvalue weighted by Gasteiger charge is -1.96. The molecule has 0 aliphatic heterocycles. The number of hydrazine groups is 1. The first-order valence-corrected chi connectivity index (χ1v) is 5.65. The number of nitrogens with two attached hydrogens (primary N) is 1. The molecule has 5 heteroatoms. The van der Waals surface area contributed by atoms with Crippen molar-refractivity contribution in [1.82, 2.24) is 4.98 Å². The number of thiazole rings is 1. The molecule has 1 heterocycles. The molecule has 3 N–H and O–H groups in total. The Morgan fingerprint density at radius 2 is 2.29 bits per heavy atom. The van der Waals surface area contributed by atoms with Gasteiger partial charge in [-0.15, -0.1) is 11.3 Å². The summed E-state index contributed by atoms with van der Waals surface area (Å²) in [5.74, 6) is 5.96. The molecule has 0 unspecified atom stereocenters. The molecule has 0 saturated carbocycles. The second-order valence-electron chi connectivity index (χ2n) is 2.69. The zero-order valence-corrected chi connectivity index (χ0v) is 9.60. The van der Waals surface area contributed by atoms with Gasteiger partial charge in [0, 0.05) is 15.4 Å². The van der Waals surface area contributed by atoms with Crippen LogP contribution < -0.4 is 11.3 Å². The van der Waals surface area contributed by atoms with Crippen LogP contribution in [0.1, 0.15) is 0 Å². The molecule has 0 aliphatic carbocycles. The van der Waals surface area contributed by atoms with Gasteiger partial charge < -0.3 is 5.43 Å². The zero-order valence-electron chi connectivity index (χ0n) is 7.20. The second kappa shape index (κ2) is 4.08. The van der Waals surface area contributed by atoms with Crippen LogP contribution in [0, 0.1) is 0 Å². The van der Waals surface area contributed by atoms with Gasteiger partial charge in [0.05, 0.1) is 0 Å². The highest BCUT2D eigenvalue weighted by atomic mass is 79.9. The number of rotatable bonds is 2. The lowest BCUT2D eigenvalue weighted by Crippen LogP contribution is -2.06. The van der Waals surface area contributed by atoms with Crippen molar-refractivity contribution in [3.8, 4) is 10.6 Å². The molecule has 0 atom stereocenters. The van der Waals surface area contributed by atoms with Gasteiger partial charge in [-0.3, -0.25) is 0 Å². The van der Waals surface area contributed by atoms with Gasteiger partial charge in [-0.2, -0.15) is 0 Å². The van der Waals surface area contributed by atoms with E-state index in [4.69, 9.17) is 5.84 Å². The Morgan fingerprint density at radius 3 is 2.93 bits per heavy atom.